The number of rotatable bonds is 8. The fourth-order valence-electron chi connectivity index (χ4n) is 3.11. The summed E-state index contributed by atoms with van der Waals surface area (Å²) in [6.45, 7) is 2.01. The van der Waals surface area contributed by atoms with Crippen molar-refractivity contribution in [3.05, 3.63) is 82.4 Å². The van der Waals surface area contributed by atoms with Crippen LogP contribution in [0.15, 0.2) is 60.7 Å². The van der Waals surface area contributed by atoms with E-state index in [1.165, 1.54) is 0 Å². The fourth-order valence-corrected chi connectivity index (χ4v) is 3.33. The van der Waals surface area contributed by atoms with E-state index in [1.54, 1.807) is 13.2 Å². The summed E-state index contributed by atoms with van der Waals surface area (Å²) >= 11 is 6.49. The molecule has 0 unspecified atom stereocenters. The summed E-state index contributed by atoms with van der Waals surface area (Å²) in [6.07, 6.45) is 0. The summed E-state index contributed by atoms with van der Waals surface area (Å²) in [7, 11) is 1.63. The molecule has 0 aromatic heterocycles. The summed E-state index contributed by atoms with van der Waals surface area (Å²) in [5.41, 5.74) is 3.14. The van der Waals surface area contributed by atoms with Gasteiger partial charge in [-0.2, -0.15) is 0 Å². The predicted molar refractivity (Wildman–Crippen MR) is 112 cm³/mol. The van der Waals surface area contributed by atoms with Crippen LogP contribution < -0.4 is 24.3 Å². The van der Waals surface area contributed by atoms with Gasteiger partial charge in [-0.25, -0.2) is 0 Å². The summed E-state index contributed by atoms with van der Waals surface area (Å²) in [4.78, 5) is 0. The number of ether oxygens (including phenoxy) is 4. The molecule has 5 nitrogen and oxygen atoms in total. The van der Waals surface area contributed by atoms with Gasteiger partial charge >= 0.3 is 0 Å². The van der Waals surface area contributed by atoms with Crippen LogP contribution in [0.3, 0.4) is 0 Å². The van der Waals surface area contributed by atoms with Crippen LogP contribution in [0.1, 0.15) is 16.7 Å². The first-order chi connectivity index (χ1) is 14.2. The van der Waals surface area contributed by atoms with Crippen molar-refractivity contribution < 1.29 is 18.9 Å². The Morgan fingerprint density at radius 2 is 1.72 bits per heavy atom. The van der Waals surface area contributed by atoms with E-state index in [-0.39, 0.29) is 6.79 Å². The van der Waals surface area contributed by atoms with Crippen LogP contribution in [0.25, 0.3) is 0 Å². The first-order valence-corrected chi connectivity index (χ1v) is 9.73. The highest BCUT2D eigenvalue weighted by Crippen LogP contribution is 2.34. The minimum absolute atomic E-state index is 0.278. The smallest absolute Gasteiger partial charge is 0.231 e. The summed E-state index contributed by atoms with van der Waals surface area (Å²) in [5, 5.41) is 4.03. The Kier molecular flexibility index (Phi) is 6.08. The number of methoxy groups -OCH3 is 1. The van der Waals surface area contributed by atoms with Crippen molar-refractivity contribution in [2.45, 2.75) is 19.7 Å². The predicted octanol–water partition coefficient (Wildman–Crippen LogP) is 4.95. The number of nitrogens with one attached hydrogen (secondary N) is 1. The van der Waals surface area contributed by atoms with Crippen LogP contribution in [-0.2, 0) is 19.7 Å². The molecule has 0 spiro atoms. The van der Waals surface area contributed by atoms with Gasteiger partial charge in [0.2, 0.25) is 6.79 Å². The second-order valence-electron chi connectivity index (χ2n) is 6.66. The number of hydrogen-bond donors (Lipinski definition) is 1. The topological polar surface area (TPSA) is 49.0 Å². The van der Waals surface area contributed by atoms with Gasteiger partial charge in [0.1, 0.15) is 6.61 Å². The van der Waals surface area contributed by atoms with Gasteiger partial charge in [-0.3, -0.25) is 0 Å². The molecule has 29 heavy (non-hydrogen) atoms. The van der Waals surface area contributed by atoms with E-state index in [0.717, 1.165) is 28.2 Å². The third-order valence-corrected chi connectivity index (χ3v) is 5.00. The molecule has 4 rings (SSSR count). The van der Waals surface area contributed by atoms with Gasteiger partial charge in [-0.05, 0) is 34.9 Å². The maximum Gasteiger partial charge on any atom is 0.231 e. The Labute approximate surface area is 175 Å². The Hall–Kier alpha value is -2.89. The lowest BCUT2D eigenvalue weighted by Crippen LogP contribution is -2.13. The molecular formula is C23H22ClNO4. The van der Waals surface area contributed by atoms with E-state index in [0.29, 0.717) is 36.2 Å². The van der Waals surface area contributed by atoms with Crippen molar-refractivity contribution in [1.29, 1.82) is 0 Å². The molecule has 1 N–H and O–H groups in total. The number of benzene rings is 3. The second-order valence-corrected chi connectivity index (χ2v) is 7.07. The van der Waals surface area contributed by atoms with E-state index < -0.39 is 0 Å². The molecule has 0 atom stereocenters. The molecule has 0 fully saturated rings. The zero-order chi connectivity index (χ0) is 20.1. The lowest BCUT2D eigenvalue weighted by Gasteiger charge is -2.14. The molecule has 1 aliphatic rings. The van der Waals surface area contributed by atoms with Gasteiger partial charge in [0.25, 0.3) is 0 Å². The molecule has 150 valence electrons. The van der Waals surface area contributed by atoms with Crippen LogP contribution >= 0.6 is 11.6 Å². The molecule has 3 aromatic carbocycles. The van der Waals surface area contributed by atoms with Gasteiger partial charge in [-0.1, -0.05) is 48.0 Å². The minimum atomic E-state index is 0.278. The van der Waals surface area contributed by atoms with Crippen molar-refractivity contribution in [2.75, 3.05) is 13.9 Å². The summed E-state index contributed by atoms with van der Waals surface area (Å²) in [6, 6.07) is 19.6. The maximum absolute atomic E-state index is 6.49. The van der Waals surface area contributed by atoms with E-state index in [1.807, 2.05) is 54.6 Å². The van der Waals surface area contributed by atoms with Crippen molar-refractivity contribution >= 4 is 11.6 Å². The molecular weight excluding hydrogens is 390 g/mol. The average Bonchev–Trinajstić information content (AvgIpc) is 3.22. The third-order valence-electron chi connectivity index (χ3n) is 4.65. The Morgan fingerprint density at radius 3 is 2.55 bits per heavy atom. The maximum atomic E-state index is 6.49. The van der Waals surface area contributed by atoms with Crippen molar-refractivity contribution in [1.82, 2.24) is 5.32 Å². The van der Waals surface area contributed by atoms with Gasteiger partial charge in [0, 0.05) is 24.2 Å². The van der Waals surface area contributed by atoms with Crippen LogP contribution in [-0.4, -0.2) is 13.9 Å². The molecule has 0 aliphatic carbocycles. The van der Waals surface area contributed by atoms with Gasteiger partial charge in [0.05, 0.1) is 7.11 Å². The SMILES string of the molecule is COc1cc(CNCc2ccc3c(c2)OCO3)c(Cl)cc1OCc1ccccc1. The number of hydrogen-bond acceptors (Lipinski definition) is 5. The molecule has 0 amide bonds. The largest absolute Gasteiger partial charge is 0.493 e. The van der Waals surface area contributed by atoms with Crippen LogP contribution in [0.5, 0.6) is 23.0 Å². The van der Waals surface area contributed by atoms with Gasteiger partial charge in [-0.15, -0.1) is 0 Å². The zero-order valence-electron chi connectivity index (χ0n) is 16.1. The Balaban J connectivity index is 1.38. The first-order valence-electron chi connectivity index (χ1n) is 9.35. The molecule has 0 radical (unpaired) electrons. The molecule has 1 aliphatic heterocycles. The van der Waals surface area contributed by atoms with Crippen LogP contribution in [0.2, 0.25) is 5.02 Å². The van der Waals surface area contributed by atoms with Crippen molar-refractivity contribution in [3.63, 3.8) is 0 Å². The molecule has 0 bridgehead atoms. The number of fused-ring (bicyclic) bond motifs is 1. The molecule has 0 saturated heterocycles. The van der Waals surface area contributed by atoms with Crippen molar-refractivity contribution in [3.8, 4) is 23.0 Å². The second kappa shape index (κ2) is 9.07. The molecule has 0 saturated carbocycles. The van der Waals surface area contributed by atoms with Gasteiger partial charge < -0.3 is 24.3 Å². The highest BCUT2D eigenvalue weighted by Gasteiger charge is 2.14. The highest BCUT2D eigenvalue weighted by molar-refractivity contribution is 6.31. The molecule has 1 heterocycles. The first kappa shape index (κ1) is 19.4. The Bertz CT molecular complexity index is 978. The van der Waals surface area contributed by atoms with E-state index >= 15 is 0 Å². The standard InChI is InChI=1S/C23H22ClNO4/c1-26-21-10-18(13-25-12-17-7-8-20-22(9-17)29-15-28-20)19(24)11-23(21)27-14-16-5-3-2-4-6-16/h2-11,25H,12-15H2,1H3. The van der Waals surface area contributed by atoms with E-state index in [9.17, 15) is 0 Å². The lowest BCUT2D eigenvalue weighted by atomic mass is 10.1. The Morgan fingerprint density at radius 1 is 0.897 bits per heavy atom. The molecule has 3 aromatic rings. The third kappa shape index (κ3) is 4.75. The van der Waals surface area contributed by atoms with Crippen LogP contribution in [0, 0.1) is 0 Å². The van der Waals surface area contributed by atoms with E-state index in [4.69, 9.17) is 30.5 Å². The van der Waals surface area contributed by atoms with E-state index in [2.05, 4.69) is 5.32 Å². The fraction of sp³-hybridized carbons (Fsp3) is 0.217. The minimum Gasteiger partial charge on any atom is -0.493 e. The van der Waals surface area contributed by atoms with Crippen LogP contribution in [0.4, 0.5) is 0 Å². The quantitative estimate of drug-likeness (QED) is 0.568. The lowest BCUT2D eigenvalue weighted by molar-refractivity contribution is 0.174. The summed E-state index contributed by atoms with van der Waals surface area (Å²) < 4.78 is 22.2. The van der Waals surface area contributed by atoms with Gasteiger partial charge in [0.15, 0.2) is 23.0 Å². The average molecular weight is 412 g/mol. The zero-order valence-corrected chi connectivity index (χ0v) is 16.9. The molecule has 6 heteroatoms. The van der Waals surface area contributed by atoms with Crippen molar-refractivity contribution in [2.24, 2.45) is 0 Å². The number of halogens is 1. The highest BCUT2D eigenvalue weighted by atomic mass is 35.5. The normalized spacial score (nSPS) is 12.1. The monoisotopic (exact) mass is 411 g/mol. The summed E-state index contributed by atoms with van der Waals surface area (Å²) in [5.74, 6) is 2.85.